The van der Waals surface area contributed by atoms with E-state index in [1.807, 2.05) is 0 Å². The second kappa shape index (κ2) is 5.87. The number of hydrogen-bond donors (Lipinski definition) is 0. The summed E-state index contributed by atoms with van der Waals surface area (Å²) in [7, 11) is 0. The molecule has 0 atom stereocenters. The number of ether oxygens (including phenoxy) is 1. The first-order chi connectivity index (χ1) is 9.10. The van der Waals surface area contributed by atoms with Crippen LogP contribution in [0.2, 0.25) is 10.0 Å². The number of benzene rings is 2. The van der Waals surface area contributed by atoms with E-state index in [2.05, 4.69) is 0 Å². The quantitative estimate of drug-likeness (QED) is 0.488. The highest BCUT2D eigenvalue weighted by Gasteiger charge is 2.13. The van der Waals surface area contributed by atoms with Gasteiger partial charge in [0.25, 0.3) is 0 Å². The lowest BCUT2D eigenvalue weighted by molar-refractivity contribution is 0.0735. The Balaban J connectivity index is 2.18. The van der Waals surface area contributed by atoms with Gasteiger partial charge in [-0.2, -0.15) is 0 Å². The molecule has 0 bridgehead atoms. The fourth-order valence-electron chi connectivity index (χ4n) is 1.43. The molecule has 0 N–H and O–H groups in total. The highest BCUT2D eigenvalue weighted by molar-refractivity contribution is 6.36. The molecule has 0 saturated heterocycles. The summed E-state index contributed by atoms with van der Waals surface area (Å²) < 4.78 is 5.14. The second-order valence-corrected chi connectivity index (χ2v) is 4.54. The van der Waals surface area contributed by atoms with Crippen LogP contribution in [-0.2, 0) is 0 Å². The van der Waals surface area contributed by atoms with Crippen LogP contribution < -0.4 is 4.74 Å². The van der Waals surface area contributed by atoms with Crippen LogP contribution in [0.15, 0.2) is 42.5 Å². The number of halogens is 2. The molecule has 0 unspecified atom stereocenters. The molecule has 0 spiro atoms. The first-order valence-electron chi connectivity index (χ1n) is 5.32. The summed E-state index contributed by atoms with van der Waals surface area (Å²) in [5.41, 5.74) is 0.731. The van der Waals surface area contributed by atoms with Crippen molar-refractivity contribution in [2.24, 2.45) is 0 Å². The van der Waals surface area contributed by atoms with Gasteiger partial charge in [0.1, 0.15) is 12.0 Å². The molecule has 0 aliphatic rings. The monoisotopic (exact) mass is 294 g/mol. The maximum atomic E-state index is 11.9. The molecule has 2 aromatic carbocycles. The van der Waals surface area contributed by atoms with Crippen LogP contribution in [0.3, 0.4) is 0 Å². The molecule has 96 valence electrons. The molecular weight excluding hydrogens is 287 g/mol. The van der Waals surface area contributed by atoms with Gasteiger partial charge in [0, 0.05) is 10.6 Å². The van der Waals surface area contributed by atoms with Crippen LogP contribution in [0.4, 0.5) is 0 Å². The maximum absolute atomic E-state index is 11.9. The third kappa shape index (κ3) is 3.34. The first kappa shape index (κ1) is 13.6. The van der Waals surface area contributed by atoms with Crippen LogP contribution in [0.1, 0.15) is 20.7 Å². The van der Waals surface area contributed by atoms with Crippen molar-refractivity contribution in [3.05, 3.63) is 63.6 Å². The maximum Gasteiger partial charge on any atom is 0.345 e. The van der Waals surface area contributed by atoms with Gasteiger partial charge in [0.2, 0.25) is 0 Å². The number of esters is 1. The SMILES string of the molecule is O=Cc1ccc(OC(=O)c2ccc(Cl)cc2Cl)cc1. The summed E-state index contributed by atoms with van der Waals surface area (Å²) in [5.74, 6) is -0.248. The minimum atomic E-state index is -0.583. The predicted molar refractivity (Wildman–Crippen MR) is 73.3 cm³/mol. The van der Waals surface area contributed by atoms with E-state index in [1.54, 1.807) is 18.2 Å². The molecule has 0 radical (unpaired) electrons. The highest BCUT2D eigenvalue weighted by Crippen LogP contribution is 2.22. The average Bonchev–Trinajstić information content (AvgIpc) is 2.39. The molecule has 5 heteroatoms. The minimum absolute atomic E-state index is 0.224. The highest BCUT2D eigenvalue weighted by atomic mass is 35.5. The molecule has 0 aliphatic heterocycles. The van der Waals surface area contributed by atoms with Gasteiger partial charge < -0.3 is 4.74 Å². The van der Waals surface area contributed by atoms with E-state index in [9.17, 15) is 9.59 Å². The lowest BCUT2D eigenvalue weighted by Gasteiger charge is -2.06. The molecule has 0 amide bonds. The summed E-state index contributed by atoms with van der Waals surface area (Å²) in [6, 6.07) is 10.7. The molecule has 2 aromatic rings. The van der Waals surface area contributed by atoms with Crippen LogP contribution >= 0.6 is 23.2 Å². The van der Waals surface area contributed by atoms with Gasteiger partial charge in [-0.15, -0.1) is 0 Å². The van der Waals surface area contributed by atoms with Gasteiger partial charge in [0.05, 0.1) is 10.6 Å². The molecule has 2 rings (SSSR count). The van der Waals surface area contributed by atoms with E-state index in [1.165, 1.54) is 24.3 Å². The zero-order valence-corrected chi connectivity index (χ0v) is 11.1. The van der Waals surface area contributed by atoms with Gasteiger partial charge >= 0.3 is 5.97 Å². The Morgan fingerprint density at radius 2 is 1.74 bits per heavy atom. The molecule has 3 nitrogen and oxygen atoms in total. The van der Waals surface area contributed by atoms with E-state index < -0.39 is 5.97 Å². The van der Waals surface area contributed by atoms with Gasteiger partial charge in [-0.1, -0.05) is 23.2 Å². The Labute approximate surface area is 119 Å². The van der Waals surface area contributed by atoms with Crippen molar-refractivity contribution in [3.8, 4) is 5.75 Å². The van der Waals surface area contributed by atoms with Crippen molar-refractivity contribution in [3.63, 3.8) is 0 Å². The number of carbonyl (C=O) groups excluding carboxylic acids is 2. The topological polar surface area (TPSA) is 43.4 Å². The van der Waals surface area contributed by atoms with Crippen molar-refractivity contribution >= 4 is 35.5 Å². The van der Waals surface area contributed by atoms with Crippen LogP contribution in [-0.4, -0.2) is 12.3 Å². The fourth-order valence-corrected chi connectivity index (χ4v) is 1.92. The summed E-state index contributed by atoms with van der Waals surface area (Å²) in [6.45, 7) is 0. The Morgan fingerprint density at radius 1 is 1.05 bits per heavy atom. The third-order valence-corrected chi connectivity index (χ3v) is 2.93. The molecule has 0 saturated carbocycles. The lowest BCUT2D eigenvalue weighted by atomic mass is 10.2. The normalized spacial score (nSPS) is 10.0. The van der Waals surface area contributed by atoms with Gasteiger partial charge in [-0.25, -0.2) is 4.79 Å². The average molecular weight is 295 g/mol. The molecular formula is C14H8Cl2O3. The smallest absolute Gasteiger partial charge is 0.345 e. The minimum Gasteiger partial charge on any atom is -0.423 e. The number of rotatable bonds is 3. The second-order valence-electron chi connectivity index (χ2n) is 3.70. The zero-order valence-electron chi connectivity index (χ0n) is 9.60. The summed E-state index contributed by atoms with van der Waals surface area (Å²) in [6.07, 6.45) is 0.710. The Morgan fingerprint density at radius 3 is 2.32 bits per heavy atom. The number of hydrogen-bond acceptors (Lipinski definition) is 3. The lowest BCUT2D eigenvalue weighted by Crippen LogP contribution is -2.09. The van der Waals surface area contributed by atoms with Gasteiger partial charge in [-0.05, 0) is 42.5 Å². The van der Waals surface area contributed by atoms with Crippen molar-refractivity contribution in [2.75, 3.05) is 0 Å². The molecule has 0 fully saturated rings. The Kier molecular flexibility index (Phi) is 4.20. The van der Waals surface area contributed by atoms with E-state index in [0.717, 1.165) is 0 Å². The Bertz CT molecular complexity index is 621. The third-order valence-electron chi connectivity index (χ3n) is 2.38. The zero-order chi connectivity index (χ0) is 13.8. The number of aldehydes is 1. The van der Waals surface area contributed by atoms with E-state index >= 15 is 0 Å². The van der Waals surface area contributed by atoms with E-state index in [-0.39, 0.29) is 10.6 Å². The van der Waals surface area contributed by atoms with Gasteiger partial charge in [-0.3, -0.25) is 4.79 Å². The van der Waals surface area contributed by atoms with Gasteiger partial charge in [0.15, 0.2) is 0 Å². The fraction of sp³-hybridized carbons (Fsp3) is 0. The first-order valence-corrected chi connectivity index (χ1v) is 6.08. The molecule has 0 heterocycles. The van der Waals surface area contributed by atoms with Crippen LogP contribution in [0, 0.1) is 0 Å². The number of carbonyl (C=O) groups is 2. The summed E-state index contributed by atoms with van der Waals surface area (Å²) in [4.78, 5) is 22.4. The largest absolute Gasteiger partial charge is 0.423 e. The van der Waals surface area contributed by atoms with Crippen molar-refractivity contribution in [1.29, 1.82) is 0 Å². The van der Waals surface area contributed by atoms with E-state index in [0.29, 0.717) is 22.6 Å². The predicted octanol–water partition coefficient (Wildman–Crippen LogP) is 4.03. The summed E-state index contributed by atoms with van der Waals surface area (Å²) >= 11 is 11.7. The molecule has 0 aliphatic carbocycles. The van der Waals surface area contributed by atoms with E-state index in [4.69, 9.17) is 27.9 Å². The van der Waals surface area contributed by atoms with Crippen molar-refractivity contribution < 1.29 is 14.3 Å². The van der Waals surface area contributed by atoms with Crippen LogP contribution in [0.25, 0.3) is 0 Å². The Hall–Kier alpha value is -1.84. The molecule has 19 heavy (non-hydrogen) atoms. The molecule has 0 aromatic heterocycles. The van der Waals surface area contributed by atoms with Crippen molar-refractivity contribution in [2.45, 2.75) is 0 Å². The standard InChI is InChI=1S/C14H8Cl2O3/c15-10-3-6-12(13(16)7-10)14(18)19-11-4-1-9(8-17)2-5-11/h1-8H. The van der Waals surface area contributed by atoms with Crippen LogP contribution in [0.5, 0.6) is 5.75 Å². The summed E-state index contributed by atoms with van der Waals surface area (Å²) in [5, 5.41) is 0.666. The van der Waals surface area contributed by atoms with Crippen molar-refractivity contribution in [1.82, 2.24) is 0 Å².